The fourth-order valence-electron chi connectivity index (χ4n) is 1.12. The van der Waals surface area contributed by atoms with Crippen LogP contribution in [0, 0.1) is 5.92 Å². The van der Waals surface area contributed by atoms with Crippen LogP contribution in [-0.2, 0) is 6.42 Å². The van der Waals surface area contributed by atoms with Crippen LogP contribution >= 0.6 is 12.2 Å². The summed E-state index contributed by atoms with van der Waals surface area (Å²) in [6.45, 7) is 4.63. The Bertz CT molecular complexity index is 321. The van der Waals surface area contributed by atoms with Gasteiger partial charge in [-0.3, -0.25) is 0 Å². The van der Waals surface area contributed by atoms with E-state index in [-0.39, 0.29) is 5.92 Å². The molecule has 82 valence electrons. The lowest BCUT2D eigenvalue weighted by molar-refractivity contribution is 0.293. The van der Waals surface area contributed by atoms with Crippen LogP contribution in [0.2, 0.25) is 0 Å². The van der Waals surface area contributed by atoms with Gasteiger partial charge in [0, 0.05) is 5.92 Å². The lowest BCUT2D eigenvalue weighted by Crippen LogP contribution is -2.23. The van der Waals surface area contributed by atoms with Crippen LogP contribution in [0.1, 0.15) is 19.4 Å². The molecule has 2 N–H and O–H groups in total. The predicted molar refractivity (Wildman–Crippen MR) is 67.3 cm³/mol. The van der Waals surface area contributed by atoms with E-state index >= 15 is 0 Å². The predicted octanol–water partition coefficient (Wildman–Crippen LogP) is 2.55. The van der Waals surface area contributed by atoms with Crippen molar-refractivity contribution in [2.24, 2.45) is 11.7 Å². The molecule has 0 saturated heterocycles. The monoisotopic (exact) mass is 223 g/mol. The average Bonchev–Trinajstić information content (AvgIpc) is 2.26. The molecule has 0 radical (unpaired) electrons. The van der Waals surface area contributed by atoms with Gasteiger partial charge in [-0.15, -0.1) is 0 Å². The highest BCUT2D eigenvalue weighted by Gasteiger charge is 2.05. The summed E-state index contributed by atoms with van der Waals surface area (Å²) in [4.78, 5) is 0.500. The van der Waals surface area contributed by atoms with Gasteiger partial charge in [0.15, 0.2) is 0 Å². The molecule has 15 heavy (non-hydrogen) atoms. The summed E-state index contributed by atoms with van der Waals surface area (Å²) in [6, 6.07) is 8.10. The minimum absolute atomic E-state index is 0.117. The van der Waals surface area contributed by atoms with Crippen LogP contribution in [0.25, 0.3) is 0 Å². The van der Waals surface area contributed by atoms with Crippen molar-refractivity contribution in [3.8, 4) is 5.75 Å². The Morgan fingerprint density at radius 1 is 1.40 bits per heavy atom. The SMILES string of the molecule is CCc1ccc(OCC(C)C(N)=S)cc1. The molecule has 1 aromatic rings. The van der Waals surface area contributed by atoms with Gasteiger partial charge in [0.1, 0.15) is 5.75 Å². The van der Waals surface area contributed by atoms with Crippen LogP contribution in [0.3, 0.4) is 0 Å². The van der Waals surface area contributed by atoms with Gasteiger partial charge in [-0.05, 0) is 24.1 Å². The van der Waals surface area contributed by atoms with Gasteiger partial charge < -0.3 is 10.5 Å². The molecule has 0 saturated carbocycles. The number of aryl methyl sites for hydroxylation is 1. The molecule has 1 aromatic carbocycles. The molecule has 0 fully saturated rings. The highest BCUT2D eigenvalue weighted by atomic mass is 32.1. The summed E-state index contributed by atoms with van der Waals surface area (Å²) < 4.78 is 5.56. The fraction of sp³-hybridized carbons (Fsp3) is 0.417. The van der Waals surface area contributed by atoms with E-state index in [2.05, 4.69) is 19.1 Å². The standard InChI is InChI=1S/C12H17NOS/c1-3-10-4-6-11(7-5-10)14-8-9(2)12(13)15/h4-7,9H,3,8H2,1-2H3,(H2,13,15). The number of hydrogen-bond acceptors (Lipinski definition) is 2. The number of ether oxygens (including phenoxy) is 1. The number of nitrogens with two attached hydrogens (primary N) is 1. The second-order valence-electron chi connectivity index (χ2n) is 3.61. The van der Waals surface area contributed by atoms with Crippen molar-refractivity contribution in [3.63, 3.8) is 0 Å². The highest BCUT2D eigenvalue weighted by molar-refractivity contribution is 7.80. The second-order valence-corrected chi connectivity index (χ2v) is 4.08. The molecule has 0 heterocycles. The number of rotatable bonds is 5. The van der Waals surface area contributed by atoms with Crippen LogP contribution in [0.5, 0.6) is 5.75 Å². The Morgan fingerprint density at radius 2 is 2.00 bits per heavy atom. The van der Waals surface area contributed by atoms with Gasteiger partial charge in [-0.25, -0.2) is 0 Å². The second kappa shape index (κ2) is 5.71. The third kappa shape index (κ3) is 3.88. The zero-order valence-electron chi connectivity index (χ0n) is 9.19. The van der Waals surface area contributed by atoms with E-state index in [1.165, 1.54) is 5.56 Å². The van der Waals surface area contributed by atoms with Gasteiger partial charge in [-0.1, -0.05) is 38.2 Å². The summed E-state index contributed by atoms with van der Waals surface area (Å²) >= 11 is 4.87. The maximum atomic E-state index is 5.56. The summed E-state index contributed by atoms with van der Waals surface area (Å²) in [5, 5.41) is 0. The first kappa shape index (κ1) is 12.0. The van der Waals surface area contributed by atoms with Crippen molar-refractivity contribution < 1.29 is 4.74 Å². The van der Waals surface area contributed by atoms with E-state index in [9.17, 15) is 0 Å². The van der Waals surface area contributed by atoms with Crippen molar-refractivity contribution in [2.75, 3.05) is 6.61 Å². The largest absolute Gasteiger partial charge is 0.493 e. The summed E-state index contributed by atoms with van der Waals surface area (Å²) in [5.74, 6) is 0.987. The zero-order chi connectivity index (χ0) is 11.3. The van der Waals surface area contributed by atoms with Crippen molar-refractivity contribution in [2.45, 2.75) is 20.3 Å². The van der Waals surface area contributed by atoms with E-state index in [1.807, 2.05) is 19.1 Å². The molecule has 0 aliphatic heterocycles. The minimum Gasteiger partial charge on any atom is -0.493 e. The maximum Gasteiger partial charge on any atom is 0.119 e. The lowest BCUT2D eigenvalue weighted by atomic mass is 10.2. The number of hydrogen-bond donors (Lipinski definition) is 1. The van der Waals surface area contributed by atoms with Gasteiger partial charge in [0.25, 0.3) is 0 Å². The molecular formula is C12H17NOS. The topological polar surface area (TPSA) is 35.2 Å². The third-order valence-corrected chi connectivity index (χ3v) is 2.72. The first-order valence-corrected chi connectivity index (χ1v) is 5.55. The van der Waals surface area contributed by atoms with Crippen LogP contribution < -0.4 is 10.5 Å². The van der Waals surface area contributed by atoms with Crippen molar-refractivity contribution in [1.82, 2.24) is 0 Å². The van der Waals surface area contributed by atoms with Crippen LogP contribution in [-0.4, -0.2) is 11.6 Å². The molecule has 2 nitrogen and oxygen atoms in total. The molecule has 1 unspecified atom stereocenters. The van der Waals surface area contributed by atoms with E-state index in [0.29, 0.717) is 11.6 Å². The normalized spacial score (nSPS) is 12.1. The molecule has 0 aliphatic carbocycles. The van der Waals surface area contributed by atoms with Gasteiger partial charge in [0.2, 0.25) is 0 Å². The molecule has 1 rings (SSSR count). The van der Waals surface area contributed by atoms with E-state index in [1.54, 1.807) is 0 Å². The fourth-order valence-corrected chi connectivity index (χ4v) is 1.19. The first-order chi connectivity index (χ1) is 7.13. The van der Waals surface area contributed by atoms with Crippen molar-refractivity contribution in [3.05, 3.63) is 29.8 Å². The van der Waals surface area contributed by atoms with Gasteiger partial charge in [0.05, 0.1) is 11.6 Å². The Kier molecular flexibility index (Phi) is 4.56. The van der Waals surface area contributed by atoms with E-state index in [4.69, 9.17) is 22.7 Å². The lowest BCUT2D eigenvalue weighted by Gasteiger charge is -2.11. The average molecular weight is 223 g/mol. The molecule has 0 amide bonds. The van der Waals surface area contributed by atoms with Gasteiger partial charge >= 0.3 is 0 Å². The van der Waals surface area contributed by atoms with Crippen LogP contribution in [0.4, 0.5) is 0 Å². The molecule has 0 aromatic heterocycles. The van der Waals surface area contributed by atoms with Crippen LogP contribution in [0.15, 0.2) is 24.3 Å². The van der Waals surface area contributed by atoms with Gasteiger partial charge in [-0.2, -0.15) is 0 Å². The van der Waals surface area contributed by atoms with Crippen molar-refractivity contribution >= 4 is 17.2 Å². The Balaban J connectivity index is 2.47. The molecule has 0 aliphatic rings. The zero-order valence-corrected chi connectivity index (χ0v) is 10.0. The number of thiocarbonyl (C=S) groups is 1. The van der Waals surface area contributed by atoms with E-state index < -0.39 is 0 Å². The maximum absolute atomic E-state index is 5.56. The smallest absolute Gasteiger partial charge is 0.119 e. The molecule has 0 spiro atoms. The summed E-state index contributed by atoms with van der Waals surface area (Å²) in [6.07, 6.45) is 1.05. The minimum atomic E-state index is 0.117. The molecule has 1 atom stereocenters. The Morgan fingerprint density at radius 3 is 2.47 bits per heavy atom. The van der Waals surface area contributed by atoms with E-state index in [0.717, 1.165) is 12.2 Å². The molecular weight excluding hydrogens is 206 g/mol. The number of benzene rings is 1. The van der Waals surface area contributed by atoms with Crippen molar-refractivity contribution in [1.29, 1.82) is 0 Å². The third-order valence-electron chi connectivity index (χ3n) is 2.32. The molecule has 0 bridgehead atoms. The molecule has 3 heteroatoms. The Labute approximate surface area is 96.4 Å². The Hall–Kier alpha value is -1.09. The quantitative estimate of drug-likeness (QED) is 0.779. The highest BCUT2D eigenvalue weighted by Crippen LogP contribution is 2.13. The summed E-state index contributed by atoms with van der Waals surface area (Å²) in [7, 11) is 0. The first-order valence-electron chi connectivity index (χ1n) is 5.14. The summed E-state index contributed by atoms with van der Waals surface area (Å²) in [5.41, 5.74) is 6.81.